The molecule has 0 aromatic heterocycles. The van der Waals surface area contributed by atoms with Crippen LogP contribution in [0.5, 0.6) is 0 Å². The molecule has 0 fully saturated rings. The second-order valence-electron chi connectivity index (χ2n) is 6.63. The predicted molar refractivity (Wildman–Crippen MR) is 101 cm³/mol. The van der Waals surface area contributed by atoms with Crippen molar-refractivity contribution in [3.8, 4) is 0 Å². The molecule has 0 aromatic carbocycles. The average molecular weight is 419 g/mol. The number of hydrogen-bond acceptors (Lipinski definition) is 2. The second-order valence-corrected chi connectivity index (χ2v) is 20.2. The Balaban J connectivity index is 4.90. The first-order valence-corrected chi connectivity index (χ1v) is 16.8. The van der Waals surface area contributed by atoms with Crippen LogP contribution in [0.25, 0.3) is 0 Å². The van der Waals surface area contributed by atoms with Gasteiger partial charge in [-0.3, -0.25) is 0 Å². The van der Waals surface area contributed by atoms with Gasteiger partial charge >= 0.3 is 144 Å². The first kappa shape index (κ1) is 22.5. The molecule has 0 saturated carbocycles. The molecule has 0 amide bonds. The predicted octanol–water partition coefficient (Wildman–Crippen LogP) is 6.33. The first-order chi connectivity index (χ1) is 10.6. The van der Waals surface area contributed by atoms with E-state index in [0.29, 0.717) is 0 Å². The van der Waals surface area contributed by atoms with Gasteiger partial charge in [-0.05, 0) is 0 Å². The summed E-state index contributed by atoms with van der Waals surface area (Å²) in [5.41, 5.74) is 0. The molecule has 0 aliphatic rings. The van der Waals surface area contributed by atoms with E-state index in [-0.39, 0.29) is 6.29 Å². The third-order valence-corrected chi connectivity index (χ3v) is 21.2. The van der Waals surface area contributed by atoms with Crippen LogP contribution in [0.1, 0.15) is 72.1 Å². The maximum absolute atomic E-state index is 5.37. The van der Waals surface area contributed by atoms with E-state index in [0.717, 1.165) is 12.8 Å². The SMILES string of the molecule is C=[C](CCC(OC)OC)[Sn]([CH2]CCC)([CH2]CCC)[CH2]CCC. The fourth-order valence-electron chi connectivity index (χ4n) is 3.34. The molecule has 22 heavy (non-hydrogen) atoms. The maximum atomic E-state index is 5.37. The van der Waals surface area contributed by atoms with Gasteiger partial charge in [-0.1, -0.05) is 0 Å². The molecule has 0 aromatic rings. The van der Waals surface area contributed by atoms with Crippen LogP contribution in [0.3, 0.4) is 0 Å². The van der Waals surface area contributed by atoms with Crippen molar-refractivity contribution in [2.24, 2.45) is 0 Å². The number of rotatable bonds is 15. The summed E-state index contributed by atoms with van der Waals surface area (Å²) in [6, 6.07) is 0. The number of methoxy groups -OCH3 is 2. The van der Waals surface area contributed by atoms with Gasteiger partial charge in [0.15, 0.2) is 0 Å². The molecule has 0 saturated heterocycles. The molecule has 0 atom stereocenters. The Labute approximate surface area is 143 Å². The zero-order chi connectivity index (χ0) is 16.8. The van der Waals surface area contributed by atoms with E-state index >= 15 is 0 Å². The molecular weight excluding hydrogens is 379 g/mol. The van der Waals surface area contributed by atoms with Crippen molar-refractivity contribution in [3.63, 3.8) is 0 Å². The molecule has 0 spiro atoms. The van der Waals surface area contributed by atoms with E-state index in [1.54, 1.807) is 17.8 Å². The van der Waals surface area contributed by atoms with Crippen molar-refractivity contribution >= 4 is 18.4 Å². The number of hydrogen-bond donors (Lipinski definition) is 0. The Morgan fingerprint density at radius 1 is 0.864 bits per heavy atom. The summed E-state index contributed by atoms with van der Waals surface area (Å²) in [6.07, 6.45) is 10.2. The second kappa shape index (κ2) is 13.9. The normalized spacial score (nSPS) is 12.1. The standard InChI is InChI=1S/C7H13O2.3C4H9.Sn/c1-4-5-6-7(8-2)9-3;3*1-3-4-2;/h7H,1,5-6H2,2-3H3;3*1,3-4H2,2H3;. The van der Waals surface area contributed by atoms with E-state index in [1.807, 2.05) is 0 Å². The van der Waals surface area contributed by atoms with Crippen LogP contribution < -0.4 is 0 Å². The molecule has 0 N–H and O–H groups in total. The van der Waals surface area contributed by atoms with Gasteiger partial charge in [0.05, 0.1) is 0 Å². The molecule has 0 heterocycles. The Morgan fingerprint density at radius 2 is 1.27 bits per heavy atom. The molecule has 0 bridgehead atoms. The summed E-state index contributed by atoms with van der Waals surface area (Å²) in [5.74, 6) is 0. The Kier molecular flexibility index (Phi) is 14.1. The van der Waals surface area contributed by atoms with Crippen molar-refractivity contribution in [2.45, 2.75) is 91.7 Å². The van der Waals surface area contributed by atoms with Crippen LogP contribution in [0, 0.1) is 0 Å². The molecule has 0 radical (unpaired) electrons. The summed E-state index contributed by atoms with van der Waals surface area (Å²) in [6.45, 7) is 11.6. The summed E-state index contributed by atoms with van der Waals surface area (Å²) in [5, 5.41) is 0. The van der Waals surface area contributed by atoms with Crippen LogP contribution in [0.15, 0.2) is 10.2 Å². The zero-order valence-corrected chi connectivity index (χ0v) is 18.7. The van der Waals surface area contributed by atoms with Crippen molar-refractivity contribution < 1.29 is 9.47 Å². The molecule has 0 unspecified atom stereocenters. The van der Waals surface area contributed by atoms with Gasteiger partial charge in [0.2, 0.25) is 0 Å². The summed E-state index contributed by atoms with van der Waals surface area (Å²) < 4.78 is 16.9. The minimum absolute atomic E-state index is 0.0655. The molecule has 0 rings (SSSR count). The van der Waals surface area contributed by atoms with Gasteiger partial charge in [0.1, 0.15) is 0 Å². The van der Waals surface area contributed by atoms with E-state index in [9.17, 15) is 0 Å². The number of allylic oxidation sites excluding steroid dienone is 1. The Morgan fingerprint density at radius 3 is 1.59 bits per heavy atom. The van der Waals surface area contributed by atoms with E-state index in [4.69, 9.17) is 9.47 Å². The van der Waals surface area contributed by atoms with Gasteiger partial charge in [-0.25, -0.2) is 0 Å². The molecule has 3 heteroatoms. The Hall–Kier alpha value is 0.459. The fraction of sp³-hybridized carbons (Fsp3) is 0.895. The summed E-state index contributed by atoms with van der Waals surface area (Å²) in [4.78, 5) is 0. The third kappa shape index (κ3) is 8.35. The van der Waals surface area contributed by atoms with E-state index < -0.39 is 18.4 Å². The van der Waals surface area contributed by atoms with Crippen LogP contribution in [-0.4, -0.2) is 38.9 Å². The molecular formula is C19H40O2Sn. The summed E-state index contributed by atoms with van der Waals surface area (Å²) >= 11 is -2.23. The monoisotopic (exact) mass is 420 g/mol. The average Bonchev–Trinajstić information content (AvgIpc) is 2.55. The quantitative estimate of drug-likeness (QED) is 0.228. The molecule has 132 valence electrons. The van der Waals surface area contributed by atoms with Gasteiger partial charge in [0, 0.05) is 0 Å². The van der Waals surface area contributed by atoms with Gasteiger partial charge in [0.25, 0.3) is 0 Å². The van der Waals surface area contributed by atoms with Crippen molar-refractivity contribution in [1.29, 1.82) is 0 Å². The molecule has 0 aliphatic heterocycles. The topological polar surface area (TPSA) is 18.5 Å². The van der Waals surface area contributed by atoms with Crippen molar-refractivity contribution in [2.75, 3.05) is 14.2 Å². The zero-order valence-electron chi connectivity index (χ0n) is 15.9. The van der Waals surface area contributed by atoms with Gasteiger partial charge in [-0.2, -0.15) is 0 Å². The van der Waals surface area contributed by atoms with Crippen LogP contribution in [0.4, 0.5) is 0 Å². The summed E-state index contributed by atoms with van der Waals surface area (Å²) in [7, 11) is 3.47. The van der Waals surface area contributed by atoms with Crippen molar-refractivity contribution in [3.05, 3.63) is 10.2 Å². The van der Waals surface area contributed by atoms with Crippen LogP contribution in [-0.2, 0) is 9.47 Å². The van der Waals surface area contributed by atoms with Crippen LogP contribution >= 0.6 is 0 Å². The molecule has 2 nitrogen and oxygen atoms in total. The molecule has 0 aliphatic carbocycles. The number of unbranched alkanes of at least 4 members (excludes halogenated alkanes) is 3. The van der Waals surface area contributed by atoms with Gasteiger partial charge < -0.3 is 0 Å². The minimum atomic E-state index is -2.23. The van der Waals surface area contributed by atoms with E-state index in [1.165, 1.54) is 51.8 Å². The first-order valence-electron chi connectivity index (χ1n) is 9.34. The van der Waals surface area contributed by atoms with E-state index in [2.05, 4.69) is 27.4 Å². The van der Waals surface area contributed by atoms with Crippen molar-refractivity contribution in [1.82, 2.24) is 0 Å². The number of ether oxygens (including phenoxy) is 2. The van der Waals surface area contributed by atoms with Gasteiger partial charge in [-0.15, -0.1) is 0 Å². The fourth-order valence-corrected chi connectivity index (χ4v) is 19.3. The van der Waals surface area contributed by atoms with Crippen LogP contribution in [0.2, 0.25) is 13.3 Å². The Bertz CT molecular complexity index is 253. The third-order valence-electron chi connectivity index (χ3n) is 4.98.